The Balaban J connectivity index is 2.47. The lowest BCUT2D eigenvalue weighted by Gasteiger charge is -2.08. The smallest absolute Gasteiger partial charge is 0.263 e. The van der Waals surface area contributed by atoms with Gasteiger partial charge in [0, 0.05) is 10.7 Å². The second kappa shape index (κ2) is 5.74. The average Bonchev–Trinajstić information content (AvgIpc) is 2.40. The summed E-state index contributed by atoms with van der Waals surface area (Å²) in [5.74, 6) is -1.27. The third kappa shape index (κ3) is 3.34. The van der Waals surface area contributed by atoms with E-state index >= 15 is 0 Å². The molecular formula is C11H7BrFN3O4S. The number of nitro benzene ring substituents is 1. The average molecular weight is 376 g/mol. The zero-order valence-electron chi connectivity index (χ0n) is 10.2. The number of benzene rings is 1. The van der Waals surface area contributed by atoms with Gasteiger partial charge in [-0.2, -0.15) is 4.39 Å². The molecule has 0 atom stereocenters. The zero-order valence-corrected chi connectivity index (χ0v) is 12.6. The molecule has 0 unspecified atom stereocenters. The van der Waals surface area contributed by atoms with Crippen LogP contribution in [0, 0.1) is 15.9 Å². The molecule has 7 nitrogen and oxygen atoms in total. The lowest BCUT2D eigenvalue weighted by atomic mass is 10.3. The minimum absolute atomic E-state index is 0.0447. The first kappa shape index (κ1) is 15.3. The molecule has 21 heavy (non-hydrogen) atoms. The fraction of sp³-hybridized carbons (Fsp3) is 0. The van der Waals surface area contributed by atoms with Gasteiger partial charge in [-0.3, -0.25) is 14.8 Å². The van der Waals surface area contributed by atoms with Crippen LogP contribution in [0.1, 0.15) is 0 Å². The summed E-state index contributed by atoms with van der Waals surface area (Å²) in [5.41, 5.74) is -1.11. The van der Waals surface area contributed by atoms with E-state index in [2.05, 4.69) is 25.6 Å². The van der Waals surface area contributed by atoms with Crippen molar-refractivity contribution in [3.63, 3.8) is 0 Å². The lowest BCUT2D eigenvalue weighted by molar-refractivity contribution is -0.390. The number of hydrogen-bond acceptors (Lipinski definition) is 5. The van der Waals surface area contributed by atoms with Crippen molar-refractivity contribution in [2.24, 2.45) is 0 Å². The van der Waals surface area contributed by atoms with Gasteiger partial charge in [0.2, 0.25) is 5.82 Å². The van der Waals surface area contributed by atoms with E-state index in [0.717, 1.165) is 18.2 Å². The summed E-state index contributed by atoms with van der Waals surface area (Å²) < 4.78 is 40.4. The van der Waals surface area contributed by atoms with E-state index in [4.69, 9.17) is 0 Å². The highest BCUT2D eigenvalue weighted by Gasteiger charge is 2.29. The van der Waals surface area contributed by atoms with Crippen LogP contribution < -0.4 is 4.72 Å². The van der Waals surface area contributed by atoms with Crippen LogP contribution in [0.5, 0.6) is 0 Å². The fourth-order valence-corrected chi connectivity index (χ4v) is 2.94. The zero-order chi connectivity index (χ0) is 15.6. The van der Waals surface area contributed by atoms with Gasteiger partial charge < -0.3 is 0 Å². The van der Waals surface area contributed by atoms with Crippen molar-refractivity contribution in [2.75, 3.05) is 4.72 Å². The molecule has 0 aliphatic rings. The van der Waals surface area contributed by atoms with Crippen LogP contribution in [-0.2, 0) is 10.0 Å². The Bertz CT molecular complexity index is 796. The highest BCUT2D eigenvalue weighted by Crippen LogP contribution is 2.28. The topological polar surface area (TPSA) is 102 Å². The fourth-order valence-electron chi connectivity index (χ4n) is 1.52. The highest BCUT2D eigenvalue weighted by molar-refractivity contribution is 9.10. The Morgan fingerprint density at radius 3 is 2.57 bits per heavy atom. The van der Waals surface area contributed by atoms with E-state index in [9.17, 15) is 22.9 Å². The molecule has 0 aliphatic carbocycles. The monoisotopic (exact) mass is 375 g/mol. The van der Waals surface area contributed by atoms with Crippen LogP contribution in [0.25, 0.3) is 0 Å². The maximum absolute atomic E-state index is 13.5. The molecule has 0 radical (unpaired) electrons. The number of rotatable bonds is 4. The Morgan fingerprint density at radius 2 is 2.00 bits per heavy atom. The first-order valence-electron chi connectivity index (χ1n) is 5.38. The summed E-state index contributed by atoms with van der Waals surface area (Å²) in [6.45, 7) is 0. The molecule has 10 heteroatoms. The number of nitrogens with zero attached hydrogens (tertiary/aromatic N) is 2. The van der Waals surface area contributed by atoms with Crippen LogP contribution in [-0.4, -0.2) is 18.3 Å². The van der Waals surface area contributed by atoms with E-state index < -0.39 is 31.3 Å². The number of para-hydroxylation sites is 1. The minimum atomic E-state index is -4.33. The van der Waals surface area contributed by atoms with E-state index in [1.165, 1.54) is 18.3 Å². The molecule has 1 heterocycles. The van der Waals surface area contributed by atoms with Crippen molar-refractivity contribution < 1.29 is 17.7 Å². The van der Waals surface area contributed by atoms with Gasteiger partial charge in [-0.1, -0.05) is 6.07 Å². The molecule has 0 fully saturated rings. The summed E-state index contributed by atoms with van der Waals surface area (Å²) in [5, 5.41) is 10.8. The highest BCUT2D eigenvalue weighted by atomic mass is 79.9. The Hall–Kier alpha value is -2.07. The first-order valence-corrected chi connectivity index (χ1v) is 7.66. The quantitative estimate of drug-likeness (QED) is 0.653. The molecule has 0 spiro atoms. The lowest BCUT2D eigenvalue weighted by Crippen LogP contribution is -2.16. The van der Waals surface area contributed by atoms with Crippen molar-refractivity contribution >= 4 is 37.5 Å². The van der Waals surface area contributed by atoms with Gasteiger partial charge in [0.1, 0.15) is 5.82 Å². The predicted octanol–water partition coefficient (Wildman–Crippen LogP) is 2.69. The maximum Gasteiger partial charge on any atom is 0.325 e. The number of aromatic nitrogens is 1. The number of anilines is 1. The van der Waals surface area contributed by atoms with E-state index in [0.29, 0.717) is 4.47 Å². The number of pyridine rings is 1. The first-order chi connectivity index (χ1) is 9.81. The second-order valence-corrected chi connectivity index (χ2v) is 6.38. The molecule has 1 aromatic heterocycles. The molecule has 0 amide bonds. The molecule has 2 aromatic rings. The van der Waals surface area contributed by atoms with Crippen molar-refractivity contribution in [2.45, 2.75) is 4.90 Å². The van der Waals surface area contributed by atoms with Gasteiger partial charge in [-0.15, -0.1) is 0 Å². The molecule has 0 saturated heterocycles. The molecule has 0 aliphatic heterocycles. The largest absolute Gasteiger partial charge is 0.325 e. The number of halogens is 2. The summed E-state index contributed by atoms with van der Waals surface area (Å²) in [4.78, 5) is 12.8. The third-order valence-corrected chi connectivity index (χ3v) is 4.24. The van der Waals surface area contributed by atoms with Crippen LogP contribution in [0.2, 0.25) is 0 Å². The van der Waals surface area contributed by atoms with Crippen LogP contribution in [0.3, 0.4) is 0 Å². The van der Waals surface area contributed by atoms with E-state index in [-0.39, 0.29) is 5.82 Å². The normalized spacial score (nSPS) is 11.1. The molecule has 2 rings (SSSR count). The summed E-state index contributed by atoms with van der Waals surface area (Å²) in [7, 11) is -4.33. The molecule has 110 valence electrons. The van der Waals surface area contributed by atoms with Crippen molar-refractivity contribution in [1.29, 1.82) is 0 Å². The molecule has 1 aromatic carbocycles. The van der Waals surface area contributed by atoms with Gasteiger partial charge in [0.25, 0.3) is 10.0 Å². The summed E-state index contributed by atoms with van der Waals surface area (Å²) in [6.07, 6.45) is 1.35. The Labute approximate surface area is 127 Å². The van der Waals surface area contributed by atoms with Crippen LogP contribution >= 0.6 is 15.9 Å². The van der Waals surface area contributed by atoms with E-state index in [1.807, 2.05) is 0 Å². The summed E-state index contributed by atoms with van der Waals surface area (Å²) in [6, 6.07) is 5.72. The molecular weight excluding hydrogens is 369 g/mol. The van der Waals surface area contributed by atoms with E-state index in [1.54, 1.807) is 0 Å². The Kier molecular flexibility index (Phi) is 4.19. The van der Waals surface area contributed by atoms with Gasteiger partial charge >= 0.3 is 5.69 Å². The number of hydrogen-bond donors (Lipinski definition) is 1. The van der Waals surface area contributed by atoms with Gasteiger partial charge in [-0.25, -0.2) is 13.4 Å². The second-order valence-electron chi connectivity index (χ2n) is 3.81. The van der Waals surface area contributed by atoms with Gasteiger partial charge in [-0.05, 0) is 40.2 Å². The number of sulfonamides is 1. The van der Waals surface area contributed by atoms with Crippen molar-refractivity contribution in [3.05, 3.63) is 56.9 Å². The Morgan fingerprint density at radius 1 is 1.29 bits per heavy atom. The SMILES string of the molecule is O=[N+]([O-])c1c(F)cccc1S(=O)(=O)Nc1ccc(Br)cn1. The molecule has 1 N–H and O–H groups in total. The molecule has 0 saturated carbocycles. The minimum Gasteiger partial charge on any atom is -0.263 e. The number of nitrogens with one attached hydrogen (secondary N) is 1. The number of nitro groups is 1. The standard InChI is InChI=1S/C11H7BrFN3O4S/c12-7-4-5-10(14-6-7)15-21(19,20)9-3-1-2-8(13)11(9)16(17)18/h1-6H,(H,14,15). The maximum atomic E-state index is 13.5. The summed E-state index contributed by atoms with van der Waals surface area (Å²) >= 11 is 3.13. The van der Waals surface area contributed by atoms with Crippen LogP contribution in [0.15, 0.2) is 45.9 Å². The van der Waals surface area contributed by atoms with Crippen molar-refractivity contribution in [3.8, 4) is 0 Å². The predicted molar refractivity (Wildman–Crippen MR) is 75.8 cm³/mol. The van der Waals surface area contributed by atoms with Crippen LogP contribution in [0.4, 0.5) is 15.9 Å². The third-order valence-electron chi connectivity index (χ3n) is 2.39. The van der Waals surface area contributed by atoms with Gasteiger partial charge in [0.15, 0.2) is 4.90 Å². The molecule has 0 bridgehead atoms. The van der Waals surface area contributed by atoms with Crippen molar-refractivity contribution in [1.82, 2.24) is 4.98 Å². The van der Waals surface area contributed by atoms with Gasteiger partial charge in [0.05, 0.1) is 4.92 Å².